The highest BCUT2D eigenvalue weighted by Crippen LogP contribution is 2.05. The van der Waals surface area contributed by atoms with E-state index in [1.165, 1.54) is 0 Å². The number of rotatable bonds is 7. The second-order valence-electron chi connectivity index (χ2n) is 2.85. The Morgan fingerprint density at radius 1 is 1.23 bits per heavy atom. The van der Waals surface area contributed by atoms with Gasteiger partial charge in [0.25, 0.3) is 0 Å². The SMILES string of the molecule is CCNOC(NC)(NC)C(C)NC. The van der Waals surface area contributed by atoms with Crippen LogP contribution in [0.4, 0.5) is 0 Å². The van der Waals surface area contributed by atoms with Crippen molar-refractivity contribution in [1.29, 1.82) is 0 Å². The molecule has 0 spiro atoms. The van der Waals surface area contributed by atoms with Gasteiger partial charge in [-0.1, -0.05) is 6.92 Å². The molecule has 0 aliphatic rings. The van der Waals surface area contributed by atoms with Crippen LogP contribution in [0.3, 0.4) is 0 Å². The highest BCUT2D eigenvalue weighted by molar-refractivity contribution is 4.82. The summed E-state index contributed by atoms with van der Waals surface area (Å²) in [5.74, 6) is -0.579. The van der Waals surface area contributed by atoms with Gasteiger partial charge in [-0.15, -0.1) is 0 Å². The van der Waals surface area contributed by atoms with Gasteiger partial charge in [-0.2, -0.15) is 5.48 Å². The largest absolute Gasteiger partial charge is 0.312 e. The van der Waals surface area contributed by atoms with Gasteiger partial charge in [0, 0.05) is 6.54 Å². The Bertz CT molecular complexity index is 127. The Labute approximate surface area is 80.6 Å². The first-order valence-corrected chi connectivity index (χ1v) is 4.62. The zero-order chi connectivity index (χ0) is 10.3. The van der Waals surface area contributed by atoms with Crippen molar-refractivity contribution in [2.24, 2.45) is 0 Å². The number of hydrogen-bond acceptors (Lipinski definition) is 5. The molecule has 0 rings (SSSR count). The van der Waals surface area contributed by atoms with Crippen molar-refractivity contribution >= 4 is 0 Å². The van der Waals surface area contributed by atoms with E-state index in [1.807, 2.05) is 35.0 Å². The summed E-state index contributed by atoms with van der Waals surface area (Å²) < 4.78 is 0. The lowest BCUT2D eigenvalue weighted by Crippen LogP contribution is -2.68. The number of nitrogens with one attached hydrogen (secondary N) is 4. The Kier molecular flexibility index (Phi) is 6.19. The molecule has 0 aromatic rings. The van der Waals surface area contributed by atoms with Gasteiger partial charge in [-0.3, -0.25) is 15.5 Å². The van der Waals surface area contributed by atoms with Crippen molar-refractivity contribution in [1.82, 2.24) is 21.4 Å². The number of likely N-dealkylation sites (N-methyl/N-ethyl adjacent to an activating group) is 3. The van der Waals surface area contributed by atoms with Crippen molar-refractivity contribution in [2.75, 3.05) is 27.7 Å². The minimum Gasteiger partial charge on any atom is -0.312 e. The molecule has 0 saturated heterocycles. The summed E-state index contributed by atoms with van der Waals surface area (Å²) in [5.41, 5.74) is 2.84. The van der Waals surface area contributed by atoms with Crippen molar-refractivity contribution < 1.29 is 4.84 Å². The first-order valence-electron chi connectivity index (χ1n) is 4.62. The van der Waals surface area contributed by atoms with Crippen molar-refractivity contribution in [3.05, 3.63) is 0 Å². The fourth-order valence-electron chi connectivity index (χ4n) is 1.14. The monoisotopic (exact) mass is 190 g/mol. The molecule has 13 heavy (non-hydrogen) atoms. The fraction of sp³-hybridized carbons (Fsp3) is 1.00. The molecular formula is C8H22N4O. The molecule has 5 heteroatoms. The molecule has 0 amide bonds. The van der Waals surface area contributed by atoms with E-state index in [2.05, 4.69) is 21.4 Å². The van der Waals surface area contributed by atoms with E-state index in [-0.39, 0.29) is 6.04 Å². The lowest BCUT2D eigenvalue weighted by Gasteiger charge is -2.37. The third-order valence-electron chi connectivity index (χ3n) is 2.16. The van der Waals surface area contributed by atoms with Gasteiger partial charge < -0.3 is 5.32 Å². The van der Waals surface area contributed by atoms with E-state index >= 15 is 0 Å². The third kappa shape index (κ3) is 3.21. The normalized spacial score (nSPS) is 14.5. The Morgan fingerprint density at radius 2 is 1.77 bits per heavy atom. The molecule has 0 heterocycles. The molecule has 0 fully saturated rings. The average molecular weight is 190 g/mol. The highest BCUT2D eigenvalue weighted by atomic mass is 16.7. The smallest absolute Gasteiger partial charge is 0.208 e. The standard InChI is InChI=1S/C8H22N4O/c1-6-12-13-8(10-4,11-5)7(2)9-3/h7,9-12H,6H2,1-5H3. The van der Waals surface area contributed by atoms with Crippen molar-refractivity contribution in [3.8, 4) is 0 Å². The lowest BCUT2D eigenvalue weighted by atomic mass is 10.2. The predicted molar refractivity (Wildman–Crippen MR) is 54.1 cm³/mol. The van der Waals surface area contributed by atoms with E-state index in [0.29, 0.717) is 0 Å². The minimum absolute atomic E-state index is 0.140. The lowest BCUT2D eigenvalue weighted by molar-refractivity contribution is -0.155. The highest BCUT2D eigenvalue weighted by Gasteiger charge is 2.33. The first-order chi connectivity index (χ1) is 6.16. The van der Waals surface area contributed by atoms with Crippen LogP contribution >= 0.6 is 0 Å². The second kappa shape index (κ2) is 6.28. The van der Waals surface area contributed by atoms with E-state index in [4.69, 9.17) is 4.84 Å². The Hall–Kier alpha value is -0.200. The maximum Gasteiger partial charge on any atom is 0.208 e. The maximum atomic E-state index is 5.50. The molecule has 0 radical (unpaired) electrons. The van der Waals surface area contributed by atoms with Gasteiger partial charge in [-0.05, 0) is 28.1 Å². The summed E-state index contributed by atoms with van der Waals surface area (Å²) in [6.45, 7) is 4.78. The molecule has 0 aromatic heterocycles. The molecule has 0 saturated carbocycles. The van der Waals surface area contributed by atoms with Gasteiger partial charge in [0.1, 0.15) is 0 Å². The summed E-state index contributed by atoms with van der Waals surface area (Å²) in [6, 6.07) is 0.140. The van der Waals surface area contributed by atoms with Gasteiger partial charge in [0.05, 0.1) is 6.04 Å². The van der Waals surface area contributed by atoms with Crippen LogP contribution in [0.15, 0.2) is 0 Å². The van der Waals surface area contributed by atoms with E-state index in [9.17, 15) is 0 Å². The van der Waals surface area contributed by atoms with Crippen molar-refractivity contribution in [3.63, 3.8) is 0 Å². The summed E-state index contributed by atoms with van der Waals surface area (Å²) in [4.78, 5) is 5.50. The molecule has 80 valence electrons. The molecule has 0 aliphatic heterocycles. The van der Waals surface area contributed by atoms with Crippen LogP contribution in [-0.2, 0) is 4.84 Å². The molecule has 1 unspecified atom stereocenters. The van der Waals surface area contributed by atoms with Gasteiger partial charge in [0.15, 0.2) is 0 Å². The first kappa shape index (κ1) is 12.8. The van der Waals surface area contributed by atoms with E-state index in [1.54, 1.807) is 0 Å². The number of hydroxylamine groups is 1. The fourth-order valence-corrected chi connectivity index (χ4v) is 1.14. The maximum absolute atomic E-state index is 5.50. The molecule has 0 aromatic carbocycles. The molecule has 0 bridgehead atoms. The quantitative estimate of drug-likeness (QED) is 0.314. The van der Waals surface area contributed by atoms with Crippen LogP contribution in [0, 0.1) is 0 Å². The summed E-state index contributed by atoms with van der Waals surface area (Å²) in [5, 5.41) is 9.31. The van der Waals surface area contributed by atoms with Crippen molar-refractivity contribution in [2.45, 2.75) is 25.7 Å². The van der Waals surface area contributed by atoms with E-state index < -0.39 is 5.85 Å². The molecule has 1 atom stereocenters. The number of hydrogen-bond donors (Lipinski definition) is 4. The Morgan fingerprint density at radius 3 is 2.08 bits per heavy atom. The zero-order valence-electron chi connectivity index (χ0n) is 9.19. The van der Waals surface area contributed by atoms with Crippen LogP contribution in [-0.4, -0.2) is 39.6 Å². The Balaban J connectivity index is 4.29. The second-order valence-corrected chi connectivity index (χ2v) is 2.85. The third-order valence-corrected chi connectivity index (χ3v) is 2.16. The topological polar surface area (TPSA) is 57.4 Å². The van der Waals surface area contributed by atoms with Crippen LogP contribution < -0.4 is 21.4 Å². The molecule has 0 aliphatic carbocycles. The predicted octanol–water partition coefficient (Wildman–Crippen LogP) is -0.772. The summed E-state index contributed by atoms with van der Waals surface area (Å²) in [6.07, 6.45) is 0. The summed E-state index contributed by atoms with van der Waals surface area (Å²) in [7, 11) is 5.59. The van der Waals surface area contributed by atoms with Gasteiger partial charge >= 0.3 is 0 Å². The molecular weight excluding hydrogens is 168 g/mol. The molecule has 5 nitrogen and oxygen atoms in total. The molecule has 4 N–H and O–H groups in total. The summed E-state index contributed by atoms with van der Waals surface area (Å²) >= 11 is 0. The van der Waals surface area contributed by atoms with Crippen LogP contribution in [0.2, 0.25) is 0 Å². The van der Waals surface area contributed by atoms with Crippen LogP contribution in [0.1, 0.15) is 13.8 Å². The van der Waals surface area contributed by atoms with Crippen LogP contribution in [0.5, 0.6) is 0 Å². The minimum atomic E-state index is -0.579. The van der Waals surface area contributed by atoms with Gasteiger partial charge in [-0.25, -0.2) is 0 Å². The zero-order valence-corrected chi connectivity index (χ0v) is 9.19. The van der Waals surface area contributed by atoms with Crippen LogP contribution in [0.25, 0.3) is 0 Å². The van der Waals surface area contributed by atoms with E-state index in [0.717, 1.165) is 6.54 Å². The average Bonchev–Trinajstić information content (AvgIpc) is 2.19. The van der Waals surface area contributed by atoms with Gasteiger partial charge in [0.2, 0.25) is 5.85 Å².